The van der Waals surface area contributed by atoms with Gasteiger partial charge >= 0.3 is 0 Å². The van der Waals surface area contributed by atoms with Crippen LogP contribution >= 0.6 is 0 Å². The molecule has 3 fully saturated rings. The summed E-state index contributed by atoms with van der Waals surface area (Å²) < 4.78 is 35.8. The van der Waals surface area contributed by atoms with Crippen LogP contribution in [0, 0.1) is 0 Å². The Labute approximate surface area is 411 Å². The molecule has 72 heavy (non-hydrogen) atoms. The van der Waals surface area contributed by atoms with Gasteiger partial charge in [0.15, 0.2) is 24.6 Å². The van der Waals surface area contributed by atoms with Crippen molar-refractivity contribution in [2.75, 3.05) is 73.2 Å². The van der Waals surface area contributed by atoms with Gasteiger partial charge in [-0.2, -0.15) is 0 Å². The fourth-order valence-corrected chi connectivity index (χ4v) is 9.38. The summed E-state index contributed by atoms with van der Waals surface area (Å²) in [5.41, 5.74) is -4.00. The lowest BCUT2D eigenvalue weighted by molar-refractivity contribution is -0.256. The maximum Gasteiger partial charge on any atom is 0.252 e. The molecule has 3 heterocycles. The van der Waals surface area contributed by atoms with Crippen molar-refractivity contribution in [3.63, 3.8) is 0 Å². The normalized spacial score (nSPS) is 25.0. The Morgan fingerprint density at radius 3 is 1.94 bits per heavy atom. The molecule has 0 aromatic heterocycles. The highest BCUT2D eigenvalue weighted by atomic mass is 16.7. The third-order valence-corrected chi connectivity index (χ3v) is 12.9. The standard InChI is InChI=1S/C46H58N8O18/c1-5-27(55)49-17-29(57)51-19-31(59)53-20-32(60)52-18-30(58)50-16-28(56)47-9-10-48-45(65)46(66)14-23-35(41(64)37-36(39(23)62)38(61)22-7-6-8-25(67-3)34(22)40(37)63)26(15-46)71-33-13-24-42(21(2)70-33)72-43-44(68-4)69-12-11-54(24)43/h6-8,21,24,26,33,42-44,62,64,66H,5,9-20H2,1-4H3,(H,47,56)(H,48,65)(H,49,55)(H,50,58)(H,51,57)(H,52,60)(H,53,59)/t21-,24-,26-,33-,42+,43+,44-,46-/m0/s1. The number of ether oxygens (including phenoxy) is 6. The second-order valence-electron chi connectivity index (χ2n) is 17.5. The number of aliphatic hydroxyl groups is 1. The molecule has 3 saturated heterocycles. The van der Waals surface area contributed by atoms with E-state index in [0.29, 0.717) is 13.2 Å². The molecule has 10 N–H and O–H groups in total. The zero-order valence-corrected chi connectivity index (χ0v) is 39.9. The van der Waals surface area contributed by atoms with E-state index >= 15 is 0 Å². The maximum atomic E-state index is 14.2. The number of nitrogens with zero attached hydrogens (tertiary/aromatic N) is 1. The predicted molar refractivity (Wildman–Crippen MR) is 243 cm³/mol. The molecule has 3 aliphatic heterocycles. The van der Waals surface area contributed by atoms with Crippen LogP contribution in [0.5, 0.6) is 17.2 Å². The van der Waals surface area contributed by atoms with E-state index in [1.165, 1.54) is 32.4 Å². The summed E-state index contributed by atoms with van der Waals surface area (Å²) in [6, 6.07) is 4.07. The zero-order valence-electron chi connectivity index (χ0n) is 39.9. The number of rotatable bonds is 19. The number of fused-ring (bicyclic) bond motifs is 6. The molecular weight excluding hydrogens is 953 g/mol. The van der Waals surface area contributed by atoms with E-state index in [2.05, 4.69) is 42.1 Å². The number of amides is 7. The van der Waals surface area contributed by atoms with Crippen molar-refractivity contribution in [1.29, 1.82) is 0 Å². The number of phenols is 2. The van der Waals surface area contributed by atoms with Crippen LogP contribution in [0.15, 0.2) is 18.2 Å². The van der Waals surface area contributed by atoms with Gasteiger partial charge in [0, 0.05) is 75.2 Å². The van der Waals surface area contributed by atoms with Crippen LogP contribution in [0.1, 0.15) is 82.2 Å². The van der Waals surface area contributed by atoms with Crippen LogP contribution in [0.2, 0.25) is 0 Å². The summed E-state index contributed by atoms with van der Waals surface area (Å²) in [5, 5.41) is 52.6. The first-order chi connectivity index (χ1) is 34.4. The maximum absolute atomic E-state index is 14.2. The monoisotopic (exact) mass is 1010 g/mol. The number of benzene rings is 2. The first-order valence-corrected chi connectivity index (χ1v) is 23.2. The summed E-state index contributed by atoms with van der Waals surface area (Å²) in [7, 11) is 2.82. The molecular formula is C46H58N8O18. The SMILES string of the molecule is CCC(=O)NCC(=O)NCC(=O)NCC(=O)NCC(=O)NCC(=O)NCCNC(=O)[C@]1(O)Cc2c(O)c3c(c(O)c2[C@@H](O[C@H]2C[C@H]4[C@H](O[C@@H]5[C@@H](OC)OCCN54)[C@H](C)O2)C1)C(=O)c1c(OC)cccc1C3=O. The Bertz CT molecular complexity index is 2510. The molecule has 7 rings (SSSR count). The van der Waals surface area contributed by atoms with Crippen molar-refractivity contribution in [2.45, 2.75) is 88.3 Å². The number of carbonyl (C=O) groups is 9. The van der Waals surface area contributed by atoms with Gasteiger partial charge < -0.3 is 81.0 Å². The lowest BCUT2D eigenvalue weighted by atomic mass is 9.72. The van der Waals surface area contributed by atoms with Crippen molar-refractivity contribution in [1.82, 2.24) is 42.1 Å². The molecule has 8 atom stereocenters. The van der Waals surface area contributed by atoms with Gasteiger partial charge in [-0.1, -0.05) is 19.1 Å². The van der Waals surface area contributed by atoms with Crippen molar-refractivity contribution in [3.05, 3.63) is 51.6 Å². The smallest absolute Gasteiger partial charge is 0.252 e. The number of hydrogen-bond acceptors (Lipinski definition) is 19. The average Bonchev–Trinajstić information content (AvgIpc) is 3.75. The number of morpholine rings is 1. The number of nitrogens with one attached hydrogen (secondary N) is 7. The molecule has 0 spiro atoms. The number of carbonyl (C=O) groups excluding carboxylic acids is 9. The Morgan fingerprint density at radius 1 is 0.764 bits per heavy atom. The Balaban J connectivity index is 0.965. The predicted octanol–water partition coefficient (Wildman–Crippen LogP) is -3.63. The third kappa shape index (κ3) is 11.3. The Hall–Kier alpha value is -6.81. The number of aromatic hydroxyl groups is 2. The second kappa shape index (κ2) is 22.7. The quantitative estimate of drug-likeness (QED) is 0.0409. The highest BCUT2D eigenvalue weighted by Crippen LogP contribution is 2.53. The van der Waals surface area contributed by atoms with E-state index in [1.807, 2.05) is 0 Å². The zero-order chi connectivity index (χ0) is 52.0. The lowest BCUT2D eigenvalue weighted by Crippen LogP contribution is -2.55. The summed E-state index contributed by atoms with van der Waals surface area (Å²) >= 11 is 0. The van der Waals surface area contributed by atoms with E-state index in [-0.39, 0.29) is 72.4 Å². The van der Waals surface area contributed by atoms with Gasteiger partial charge in [-0.05, 0) is 13.0 Å². The molecule has 0 radical (unpaired) electrons. The highest BCUT2D eigenvalue weighted by Gasteiger charge is 2.55. The van der Waals surface area contributed by atoms with Crippen LogP contribution in [-0.4, -0.2) is 189 Å². The lowest BCUT2D eigenvalue weighted by Gasteiger charge is -2.43. The van der Waals surface area contributed by atoms with Crippen LogP contribution in [0.25, 0.3) is 0 Å². The molecule has 0 saturated carbocycles. The van der Waals surface area contributed by atoms with E-state index in [1.54, 1.807) is 13.8 Å². The number of methoxy groups -OCH3 is 2. The fourth-order valence-electron chi connectivity index (χ4n) is 9.38. The molecule has 26 heteroatoms. The van der Waals surface area contributed by atoms with Gasteiger partial charge in [0.1, 0.15) is 29.0 Å². The van der Waals surface area contributed by atoms with Crippen LogP contribution in [0.3, 0.4) is 0 Å². The van der Waals surface area contributed by atoms with Gasteiger partial charge in [0.25, 0.3) is 5.91 Å². The Kier molecular flexibility index (Phi) is 16.7. The topological polar surface area (TPSA) is 357 Å². The van der Waals surface area contributed by atoms with Crippen molar-refractivity contribution in [3.8, 4) is 17.2 Å². The molecule has 5 aliphatic rings. The molecule has 0 unspecified atom stereocenters. The van der Waals surface area contributed by atoms with Crippen LogP contribution in [0.4, 0.5) is 0 Å². The van der Waals surface area contributed by atoms with Gasteiger partial charge in [-0.15, -0.1) is 0 Å². The second-order valence-corrected chi connectivity index (χ2v) is 17.5. The minimum atomic E-state index is -2.38. The van der Waals surface area contributed by atoms with Gasteiger partial charge in [-0.25, -0.2) is 0 Å². The Morgan fingerprint density at radius 2 is 1.35 bits per heavy atom. The molecule has 7 amide bonds. The minimum Gasteiger partial charge on any atom is -0.507 e. The van der Waals surface area contributed by atoms with E-state index in [0.717, 1.165) is 0 Å². The van der Waals surface area contributed by atoms with Crippen molar-refractivity contribution in [2.24, 2.45) is 0 Å². The first-order valence-electron chi connectivity index (χ1n) is 23.2. The summed E-state index contributed by atoms with van der Waals surface area (Å²) in [4.78, 5) is 116. The molecule has 0 bridgehead atoms. The van der Waals surface area contributed by atoms with E-state index in [4.69, 9.17) is 28.4 Å². The van der Waals surface area contributed by atoms with E-state index < -0.39 is 151 Å². The summed E-state index contributed by atoms with van der Waals surface area (Å²) in [6.07, 6.45) is -5.45. The van der Waals surface area contributed by atoms with Gasteiger partial charge in [0.05, 0.1) is 75.3 Å². The van der Waals surface area contributed by atoms with Crippen LogP contribution in [-0.2, 0) is 63.7 Å². The van der Waals surface area contributed by atoms with Gasteiger partial charge in [-0.3, -0.25) is 48.1 Å². The summed E-state index contributed by atoms with van der Waals surface area (Å²) in [6.45, 7) is 1.44. The largest absolute Gasteiger partial charge is 0.507 e. The molecule has 2 aliphatic carbocycles. The van der Waals surface area contributed by atoms with Crippen LogP contribution < -0.4 is 42.0 Å². The molecule has 390 valence electrons. The summed E-state index contributed by atoms with van der Waals surface area (Å²) in [5.74, 6) is -7.83. The number of phenolic OH excluding ortho intramolecular Hbond substituents is 2. The first kappa shape index (κ1) is 53.0. The molecule has 2 aromatic rings. The van der Waals surface area contributed by atoms with E-state index in [9.17, 15) is 58.5 Å². The van der Waals surface area contributed by atoms with Crippen molar-refractivity contribution < 1.29 is 86.9 Å². The minimum absolute atomic E-state index is 0.0599. The molecule has 2 aromatic carbocycles. The highest BCUT2D eigenvalue weighted by molar-refractivity contribution is 6.31. The fraction of sp³-hybridized carbons (Fsp3) is 0.543. The third-order valence-electron chi connectivity index (χ3n) is 12.9. The molecule has 26 nitrogen and oxygen atoms in total. The van der Waals surface area contributed by atoms with Crippen molar-refractivity contribution >= 4 is 52.9 Å². The average molecular weight is 1010 g/mol. The number of ketones is 2. The van der Waals surface area contributed by atoms with Gasteiger partial charge in [0.2, 0.25) is 41.2 Å². The number of hydrogen-bond donors (Lipinski definition) is 10.